The first-order valence-electron chi connectivity index (χ1n) is 4.61. The first-order valence-corrected chi connectivity index (χ1v) is 6.51. The lowest BCUT2D eigenvalue weighted by atomic mass is 10.4. The number of aromatic nitrogens is 1. The molecule has 1 aromatic carbocycles. The number of halogens is 1. The second-order valence-electron chi connectivity index (χ2n) is 3.18. The molecule has 0 N–H and O–H groups in total. The molecule has 2 rings (SSSR count). The van der Waals surface area contributed by atoms with Crippen LogP contribution in [0.25, 0.3) is 0 Å². The molecule has 0 bridgehead atoms. The zero-order valence-electron chi connectivity index (χ0n) is 8.27. The van der Waals surface area contributed by atoms with Crippen molar-refractivity contribution in [3.8, 4) is 0 Å². The summed E-state index contributed by atoms with van der Waals surface area (Å²) in [7, 11) is 0. The van der Waals surface area contributed by atoms with Gasteiger partial charge in [0.05, 0.1) is 0 Å². The van der Waals surface area contributed by atoms with E-state index in [1.807, 2.05) is 13.0 Å². The summed E-state index contributed by atoms with van der Waals surface area (Å²) in [6.07, 6.45) is 0. The van der Waals surface area contributed by atoms with Crippen molar-refractivity contribution in [2.45, 2.75) is 16.7 Å². The topological polar surface area (TPSA) is 12.9 Å². The Morgan fingerprint density at radius 3 is 2.47 bits per heavy atom. The molecule has 76 valence electrons. The van der Waals surface area contributed by atoms with Crippen molar-refractivity contribution in [1.29, 1.82) is 0 Å². The second-order valence-corrected chi connectivity index (χ2v) is 5.43. The van der Waals surface area contributed by atoms with Crippen molar-refractivity contribution in [1.82, 2.24) is 4.98 Å². The summed E-state index contributed by atoms with van der Waals surface area (Å²) < 4.78 is 1.05. The van der Waals surface area contributed by atoms with Crippen LogP contribution in [-0.4, -0.2) is 4.98 Å². The third-order valence-corrected chi connectivity index (χ3v) is 3.41. The van der Waals surface area contributed by atoms with E-state index in [9.17, 15) is 0 Å². The summed E-state index contributed by atoms with van der Waals surface area (Å²) in [5.74, 6) is 0. The highest BCUT2D eigenvalue weighted by Crippen LogP contribution is 2.28. The Bertz CT molecular complexity index is 436. The van der Waals surface area contributed by atoms with E-state index in [1.54, 1.807) is 11.8 Å². The molecular weight excluding hydrogens is 317 g/mol. The van der Waals surface area contributed by atoms with Crippen molar-refractivity contribution in [2.75, 3.05) is 0 Å². The lowest BCUT2D eigenvalue weighted by molar-refractivity contribution is 1.12. The molecule has 15 heavy (non-hydrogen) atoms. The maximum absolute atomic E-state index is 4.35. The monoisotopic (exact) mass is 327 g/mol. The zero-order chi connectivity index (χ0) is 10.7. The molecule has 0 spiro atoms. The molecule has 0 atom stereocenters. The maximum Gasteiger partial charge on any atom is 0.102 e. The fraction of sp³-hybridized carbons (Fsp3) is 0.0833. The average molecular weight is 327 g/mol. The first-order chi connectivity index (χ1) is 7.24. The third kappa shape index (κ3) is 3.21. The quantitative estimate of drug-likeness (QED) is 0.607. The maximum atomic E-state index is 4.35. The smallest absolute Gasteiger partial charge is 0.102 e. The van der Waals surface area contributed by atoms with Gasteiger partial charge in [0.2, 0.25) is 0 Å². The molecule has 0 radical (unpaired) electrons. The molecule has 1 aromatic heterocycles. The molecule has 0 saturated heterocycles. The van der Waals surface area contributed by atoms with E-state index >= 15 is 0 Å². The Labute approximate surface area is 107 Å². The zero-order valence-corrected chi connectivity index (χ0v) is 11.2. The van der Waals surface area contributed by atoms with Crippen molar-refractivity contribution in [3.05, 3.63) is 51.9 Å². The van der Waals surface area contributed by atoms with Crippen molar-refractivity contribution < 1.29 is 0 Å². The van der Waals surface area contributed by atoms with Crippen LogP contribution in [0.5, 0.6) is 0 Å². The molecule has 0 saturated carbocycles. The summed E-state index contributed by atoms with van der Waals surface area (Å²) >= 11 is 4.02. The molecule has 1 heterocycles. The van der Waals surface area contributed by atoms with Crippen LogP contribution in [0.3, 0.4) is 0 Å². The Morgan fingerprint density at radius 1 is 1.07 bits per heavy atom. The second kappa shape index (κ2) is 4.99. The number of rotatable bonds is 2. The van der Waals surface area contributed by atoms with Gasteiger partial charge in [-0.3, -0.25) is 0 Å². The minimum atomic E-state index is 1.05. The van der Waals surface area contributed by atoms with E-state index in [0.717, 1.165) is 9.39 Å². The van der Waals surface area contributed by atoms with Crippen LogP contribution in [0.4, 0.5) is 0 Å². The SMILES string of the molecule is Cc1cc(Sc2ccccc2)cc(I)n1. The Balaban J connectivity index is 2.25. The lowest BCUT2D eigenvalue weighted by Crippen LogP contribution is -1.85. The van der Waals surface area contributed by atoms with E-state index in [1.165, 1.54) is 9.79 Å². The van der Waals surface area contributed by atoms with Crippen LogP contribution >= 0.6 is 34.4 Å². The van der Waals surface area contributed by atoms with Crippen molar-refractivity contribution >= 4 is 34.4 Å². The highest BCUT2D eigenvalue weighted by Gasteiger charge is 1.99. The Hall–Kier alpha value is -0.550. The van der Waals surface area contributed by atoms with E-state index < -0.39 is 0 Å². The van der Waals surface area contributed by atoms with E-state index in [0.29, 0.717) is 0 Å². The normalized spacial score (nSPS) is 10.3. The fourth-order valence-corrected chi connectivity index (χ4v) is 3.17. The Kier molecular flexibility index (Phi) is 3.64. The number of aryl methyl sites for hydroxylation is 1. The number of benzene rings is 1. The van der Waals surface area contributed by atoms with Crippen molar-refractivity contribution in [2.24, 2.45) is 0 Å². The number of hydrogen-bond donors (Lipinski definition) is 0. The number of hydrogen-bond acceptors (Lipinski definition) is 2. The molecule has 0 aliphatic carbocycles. The van der Waals surface area contributed by atoms with Gasteiger partial charge in [-0.2, -0.15) is 0 Å². The molecule has 0 fully saturated rings. The summed E-state index contributed by atoms with van der Waals surface area (Å²) in [6, 6.07) is 14.6. The predicted molar refractivity (Wildman–Crippen MR) is 72.3 cm³/mol. The number of pyridine rings is 1. The fourth-order valence-electron chi connectivity index (χ4n) is 1.28. The van der Waals surface area contributed by atoms with Gasteiger partial charge in [0.1, 0.15) is 3.70 Å². The van der Waals surface area contributed by atoms with Gasteiger partial charge in [0.15, 0.2) is 0 Å². The van der Waals surface area contributed by atoms with Gasteiger partial charge < -0.3 is 0 Å². The van der Waals surface area contributed by atoms with E-state index in [4.69, 9.17) is 0 Å². The molecule has 0 amide bonds. The van der Waals surface area contributed by atoms with Gasteiger partial charge in [-0.05, 0) is 53.8 Å². The molecule has 0 aliphatic heterocycles. The standard InChI is InChI=1S/C12H10INS/c1-9-7-11(8-12(13)14-9)15-10-5-3-2-4-6-10/h2-8H,1H3. The highest BCUT2D eigenvalue weighted by molar-refractivity contribution is 14.1. The van der Waals surface area contributed by atoms with Crippen LogP contribution < -0.4 is 0 Å². The Morgan fingerprint density at radius 2 is 1.80 bits per heavy atom. The van der Waals surface area contributed by atoms with Crippen LogP contribution in [0.15, 0.2) is 52.3 Å². The van der Waals surface area contributed by atoms with E-state index in [2.05, 4.69) is 64.0 Å². The first kappa shape index (κ1) is 11.0. The minimum absolute atomic E-state index is 1.05. The van der Waals surface area contributed by atoms with Gasteiger partial charge in [-0.25, -0.2) is 4.98 Å². The summed E-state index contributed by atoms with van der Waals surface area (Å²) in [5.41, 5.74) is 1.07. The molecule has 3 heteroatoms. The lowest BCUT2D eigenvalue weighted by Gasteiger charge is -2.03. The van der Waals surface area contributed by atoms with Crippen LogP contribution in [0.1, 0.15) is 5.69 Å². The molecule has 0 unspecified atom stereocenters. The number of nitrogens with zero attached hydrogens (tertiary/aromatic N) is 1. The van der Waals surface area contributed by atoms with Crippen LogP contribution in [0, 0.1) is 10.6 Å². The largest absolute Gasteiger partial charge is 0.247 e. The average Bonchev–Trinajstić information content (AvgIpc) is 2.17. The van der Waals surface area contributed by atoms with Gasteiger partial charge in [0, 0.05) is 15.5 Å². The van der Waals surface area contributed by atoms with Crippen molar-refractivity contribution in [3.63, 3.8) is 0 Å². The van der Waals surface area contributed by atoms with Crippen LogP contribution in [0.2, 0.25) is 0 Å². The van der Waals surface area contributed by atoms with Crippen LogP contribution in [-0.2, 0) is 0 Å². The molecule has 0 aliphatic rings. The minimum Gasteiger partial charge on any atom is -0.247 e. The van der Waals surface area contributed by atoms with E-state index in [-0.39, 0.29) is 0 Å². The summed E-state index contributed by atoms with van der Waals surface area (Å²) in [5, 5.41) is 0. The molecular formula is C12H10INS. The highest BCUT2D eigenvalue weighted by atomic mass is 127. The van der Waals surface area contributed by atoms with Gasteiger partial charge in [-0.1, -0.05) is 30.0 Å². The molecule has 2 aromatic rings. The molecule has 1 nitrogen and oxygen atoms in total. The van der Waals surface area contributed by atoms with Gasteiger partial charge in [-0.15, -0.1) is 0 Å². The van der Waals surface area contributed by atoms with Gasteiger partial charge in [0.25, 0.3) is 0 Å². The summed E-state index contributed by atoms with van der Waals surface area (Å²) in [4.78, 5) is 6.86. The summed E-state index contributed by atoms with van der Waals surface area (Å²) in [6.45, 7) is 2.03. The van der Waals surface area contributed by atoms with Gasteiger partial charge >= 0.3 is 0 Å². The predicted octanol–water partition coefficient (Wildman–Crippen LogP) is 4.15. The third-order valence-electron chi connectivity index (χ3n) is 1.87.